The van der Waals surface area contributed by atoms with Gasteiger partial charge in [-0.3, -0.25) is 0 Å². The van der Waals surface area contributed by atoms with E-state index in [1.807, 2.05) is 17.4 Å². The predicted molar refractivity (Wildman–Crippen MR) is 218 cm³/mol. The second-order valence-electron chi connectivity index (χ2n) is 12.9. The van der Waals surface area contributed by atoms with E-state index in [0.717, 1.165) is 50.1 Å². The highest BCUT2D eigenvalue weighted by Gasteiger charge is 2.26. The summed E-state index contributed by atoms with van der Waals surface area (Å²) in [6.07, 6.45) is 0. The molecule has 10 rings (SSSR count). The van der Waals surface area contributed by atoms with E-state index in [4.69, 9.17) is 4.42 Å². The predicted octanol–water partition coefficient (Wildman–Crippen LogP) is 14.4. The molecule has 0 radical (unpaired) electrons. The van der Waals surface area contributed by atoms with Crippen LogP contribution in [-0.4, -0.2) is 0 Å². The zero-order chi connectivity index (χ0) is 33.7. The Balaban J connectivity index is 1.22. The average molecular weight is 670 g/mol. The van der Waals surface area contributed by atoms with Gasteiger partial charge in [0.25, 0.3) is 0 Å². The summed E-state index contributed by atoms with van der Waals surface area (Å²) in [4.78, 5) is 2.43. The molecular formula is C48H31NOS. The largest absolute Gasteiger partial charge is 0.454 e. The molecule has 3 heteroatoms. The zero-order valence-electron chi connectivity index (χ0n) is 27.7. The number of anilines is 3. The molecule has 0 fully saturated rings. The fraction of sp³-hybridized carbons (Fsp3) is 0. The van der Waals surface area contributed by atoms with Gasteiger partial charge < -0.3 is 9.32 Å². The first kappa shape index (κ1) is 29.5. The molecule has 10 aromatic rings. The lowest BCUT2D eigenvalue weighted by molar-refractivity contribution is 0.669. The minimum absolute atomic E-state index is 0.870. The van der Waals surface area contributed by atoms with Crippen molar-refractivity contribution in [2.45, 2.75) is 0 Å². The molecule has 0 aliphatic carbocycles. The second-order valence-corrected chi connectivity index (χ2v) is 14.0. The molecule has 0 spiro atoms. The van der Waals surface area contributed by atoms with Crippen molar-refractivity contribution in [1.82, 2.24) is 0 Å². The Morgan fingerprint density at radius 1 is 0.392 bits per heavy atom. The Labute approximate surface area is 300 Å². The molecule has 0 N–H and O–H groups in total. The summed E-state index contributed by atoms with van der Waals surface area (Å²) in [5.41, 5.74) is 12.0. The van der Waals surface area contributed by atoms with Crippen molar-refractivity contribution >= 4 is 70.5 Å². The van der Waals surface area contributed by atoms with E-state index in [1.54, 1.807) is 0 Å². The molecule has 2 nitrogen and oxygen atoms in total. The summed E-state index contributed by atoms with van der Waals surface area (Å²) in [5.74, 6) is 0. The number of furan rings is 1. The van der Waals surface area contributed by atoms with Gasteiger partial charge in [-0.25, -0.2) is 0 Å². The lowest BCUT2D eigenvalue weighted by Gasteiger charge is -2.29. The molecule has 2 heterocycles. The monoisotopic (exact) mass is 669 g/mol. The standard InChI is InChI=1S/C48H31NOS/c1-3-12-32(13-4-1)33-22-24-34(25-23-33)35-26-28-37(29-27-35)49(42-18-11-21-45-46(42)41-17-8-10-20-44(41)51-45)47-38(36-14-5-2-6-15-36)30-31-40-39-16-7-9-19-43(39)50-48(40)47/h1-31H. The van der Waals surface area contributed by atoms with Crippen LogP contribution in [0, 0.1) is 0 Å². The molecule has 0 bridgehead atoms. The van der Waals surface area contributed by atoms with Crippen molar-refractivity contribution in [3.63, 3.8) is 0 Å². The number of nitrogens with zero attached hydrogens (tertiary/aromatic N) is 1. The van der Waals surface area contributed by atoms with Gasteiger partial charge in [0, 0.05) is 42.2 Å². The molecule has 0 aliphatic rings. The maximum Gasteiger partial charge on any atom is 0.160 e. The Kier molecular flexibility index (Phi) is 7.04. The number of thiophene rings is 1. The lowest BCUT2D eigenvalue weighted by atomic mass is 9.97. The summed E-state index contributed by atoms with van der Waals surface area (Å²) < 4.78 is 9.39. The molecule has 8 aromatic carbocycles. The van der Waals surface area contributed by atoms with Crippen LogP contribution in [0.5, 0.6) is 0 Å². The van der Waals surface area contributed by atoms with Gasteiger partial charge >= 0.3 is 0 Å². The highest BCUT2D eigenvalue weighted by Crippen LogP contribution is 2.51. The van der Waals surface area contributed by atoms with Gasteiger partial charge in [-0.2, -0.15) is 0 Å². The smallest absolute Gasteiger partial charge is 0.160 e. The average Bonchev–Trinajstić information content (AvgIpc) is 3.78. The number of hydrogen-bond acceptors (Lipinski definition) is 3. The summed E-state index contributed by atoms with van der Waals surface area (Å²) >= 11 is 1.84. The maximum absolute atomic E-state index is 6.85. The second kappa shape index (κ2) is 12.2. The van der Waals surface area contributed by atoms with E-state index >= 15 is 0 Å². The van der Waals surface area contributed by atoms with Gasteiger partial charge in [-0.05, 0) is 70.3 Å². The Morgan fingerprint density at radius 3 is 1.69 bits per heavy atom. The van der Waals surface area contributed by atoms with Crippen molar-refractivity contribution in [1.29, 1.82) is 0 Å². The molecule has 240 valence electrons. The molecule has 0 amide bonds. The summed E-state index contributed by atoms with van der Waals surface area (Å²) in [6.45, 7) is 0. The molecule has 0 atom stereocenters. The molecule has 0 saturated heterocycles. The molecule has 51 heavy (non-hydrogen) atoms. The van der Waals surface area contributed by atoms with E-state index in [1.165, 1.54) is 42.4 Å². The van der Waals surface area contributed by atoms with Crippen molar-refractivity contribution in [3.8, 4) is 33.4 Å². The van der Waals surface area contributed by atoms with Gasteiger partial charge in [-0.1, -0.05) is 146 Å². The number of para-hydroxylation sites is 1. The number of rotatable bonds is 6. The maximum atomic E-state index is 6.85. The van der Waals surface area contributed by atoms with Crippen LogP contribution in [0.25, 0.3) is 75.5 Å². The van der Waals surface area contributed by atoms with E-state index in [0.29, 0.717) is 0 Å². The topological polar surface area (TPSA) is 16.4 Å². The normalized spacial score (nSPS) is 11.5. The Bertz CT molecular complexity index is 2830. The zero-order valence-corrected chi connectivity index (χ0v) is 28.5. The van der Waals surface area contributed by atoms with Crippen LogP contribution in [0.4, 0.5) is 17.1 Å². The Morgan fingerprint density at radius 2 is 0.961 bits per heavy atom. The van der Waals surface area contributed by atoms with E-state index in [9.17, 15) is 0 Å². The minimum atomic E-state index is 0.870. The van der Waals surface area contributed by atoms with Crippen LogP contribution < -0.4 is 4.90 Å². The summed E-state index contributed by atoms with van der Waals surface area (Å²) in [7, 11) is 0. The van der Waals surface area contributed by atoms with E-state index in [2.05, 4.69) is 187 Å². The summed E-state index contributed by atoms with van der Waals surface area (Å²) in [6, 6.07) is 67.3. The van der Waals surface area contributed by atoms with Crippen LogP contribution >= 0.6 is 11.3 Å². The van der Waals surface area contributed by atoms with Crippen LogP contribution in [0.15, 0.2) is 192 Å². The Hall–Kier alpha value is -6.42. The number of hydrogen-bond donors (Lipinski definition) is 0. The molecule has 0 aliphatic heterocycles. The van der Waals surface area contributed by atoms with E-state index in [-0.39, 0.29) is 0 Å². The third kappa shape index (κ3) is 5.01. The van der Waals surface area contributed by atoms with Crippen LogP contribution in [0.1, 0.15) is 0 Å². The van der Waals surface area contributed by atoms with Crippen LogP contribution in [0.2, 0.25) is 0 Å². The number of fused-ring (bicyclic) bond motifs is 6. The summed E-state index contributed by atoms with van der Waals surface area (Å²) in [5, 5.41) is 4.71. The SMILES string of the molecule is c1ccc(-c2ccc(-c3ccc(N(c4c(-c5ccccc5)ccc5c4oc4ccccc45)c4cccc5sc6ccccc6c45)cc3)cc2)cc1. The first-order valence-corrected chi connectivity index (χ1v) is 18.1. The number of benzene rings is 8. The van der Waals surface area contributed by atoms with Crippen molar-refractivity contribution in [3.05, 3.63) is 188 Å². The van der Waals surface area contributed by atoms with E-state index < -0.39 is 0 Å². The highest BCUT2D eigenvalue weighted by molar-refractivity contribution is 7.26. The molecule has 0 unspecified atom stereocenters. The van der Waals surface area contributed by atoms with Crippen molar-refractivity contribution in [2.24, 2.45) is 0 Å². The van der Waals surface area contributed by atoms with Gasteiger partial charge in [0.1, 0.15) is 5.58 Å². The quantitative estimate of drug-likeness (QED) is 0.175. The van der Waals surface area contributed by atoms with Gasteiger partial charge in [-0.15, -0.1) is 11.3 Å². The fourth-order valence-electron chi connectivity index (χ4n) is 7.47. The molecule has 2 aromatic heterocycles. The van der Waals surface area contributed by atoms with Crippen LogP contribution in [0.3, 0.4) is 0 Å². The van der Waals surface area contributed by atoms with Gasteiger partial charge in [0.05, 0.1) is 11.4 Å². The molecule has 0 saturated carbocycles. The third-order valence-electron chi connectivity index (χ3n) is 9.90. The first-order valence-electron chi connectivity index (χ1n) is 17.3. The molecular weight excluding hydrogens is 639 g/mol. The van der Waals surface area contributed by atoms with Crippen molar-refractivity contribution < 1.29 is 4.42 Å². The van der Waals surface area contributed by atoms with Crippen LogP contribution in [-0.2, 0) is 0 Å². The minimum Gasteiger partial charge on any atom is -0.454 e. The fourth-order valence-corrected chi connectivity index (χ4v) is 8.59. The lowest BCUT2D eigenvalue weighted by Crippen LogP contribution is -2.12. The van der Waals surface area contributed by atoms with Crippen molar-refractivity contribution in [2.75, 3.05) is 4.90 Å². The third-order valence-corrected chi connectivity index (χ3v) is 11.0. The van der Waals surface area contributed by atoms with Gasteiger partial charge in [0.2, 0.25) is 0 Å². The van der Waals surface area contributed by atoms with Gasteiger partial charge in [0.15, 0.2) is 5.58 Å². The first-order chi connectivity index (χ1) is 25.3. The highest BCUT2D eigenvalue weighted by atomic mass is 32.1.